The van der Waals surface area contributed by atoms with Crippen molar-refractivity contribution in [2.24, 2.45) is 0 Å². The van der Waals surface area contributed by atoms with Crippen molar-refractivity contribution < 1.29 is 10.2 Å². The first-order chi connectivity index (χ1) is 13.0. The molecular weight excluding hydrogens is 362 g/mol. The Bertz CT molecular complexity index is 605. The summed E-state index contributed by atoms with van der Waals surface area (Å²) in [6.07, 6.45) is 3.29. The number of nitrogens with zero attached hydrogens (tertiary/aromatic N) is 3. The molecule has 6 heteroatoms. The van der Waals surface area contributed by atoms with Crippen LogP contribution < -0.4 is 0 Å². The van der Waals surface area contributed by atoms with Gasteiger partial charge in [-0.15, -0.1) is 0 Å². The molecule has 2 saturated heterocycles. The molecule has 5 nitrogen and oxygen atoms in total. The van der Waals surface area contributed by atoms with Gasteiger partial charge in [-0.05, 0) is 63.9 Å². The molecule has 0 bridgehead atoms. The second kappa shape index (κ2) is 9.57. The molecule has 2 fully saturated rings. The van der Waals surface area contributed by atoms with Crippen LogP contribution in [0.1, 0.15) is 38.7 Å². The summed E-state index contributed by atoms with van der Waals surface area (Å²) >= 11 is 6.05. The number of piperazine rings is 1. The lowest BCUT2D eigenvalue weighted by molar-refractivity contribution is -0.0000322. The SMILES string of the molecule is CC(C)N1CCC(N2CCN(Cc3ccc(O)c(Cl)c3)C[C@H]2CCO)CC1. The zero-order chi connectivity index (χ0) is 19.4. The number of rotatable bonds is 6. The Morgan fingerprint density at radius 1 is 1.15 bits per heavy atom. The first-order valence-electron chi connectivity index (χ1n) is 10.3. The summed E-state index contributed by atoms with van der Waals surface area (Å²) in [5, 5.41) is 19.6. The average molecular weight is 396 g/mol. The Kier molecular flexibility index (Phi) is 7.40. The number of phenols is 1. The van der Waals surface area contributed by atoms with Crippen LogP contribution in [0, 0.1) is 0 Å². The van der Waals surface area contributed by atoms with Gasteiger partial charge < -0.3 is 15.1 Å². The van der Waals surface area contributed by atoms with Gasteiger partial charge in [-0.3, -0.25) is 9.80 Å². The van der Waals surface area contributed by atoms with Crippen molar-refractivity contribution in [3.05, 3.63) is 28.8 Å². The summed E-state index contributed by atoms with van der Waals surface area (Å²) in [4.78, 5) is 7.68. The normalized spacial score (nSPS) is 24.0. The number of likely N-dealkylation sites (tertiary alicyclic amines) is 1. The van der Waals surface area contributed by atoms with Crippen LogP contribution in [0.4, 0.5) is 0 Å². The minimum atomic E-state index is 0.135. The van der Waals surface area contributed by atoms with E-state index < -0.39 is 0 Å². The van der Waals surface area contributed by atoms with Crippen LogP contribution >= 0.6 is 11.6 Å². The Balaban J connectivity index is 1.59. The topological polar surface area (TPSA) is 50.2 Å². The number of halogens is 1. The number of benzene rings is 1. The maximum atomic E-state index is 9.61. The second-order valence-corrected chi connectivity index (χ2v) is 8.69. The summed E-state index contributed by atoms with van der Waals surface area (Å²) in [5.74, 6) is 0.135. The molecule has 1 aromatic carbocycles. The molecule has 2 aliphatic rings. The van der Waals surface area contributed by atoms with Gasteiger partial charge in [0.25, 0.3) is 0 Å². The van der Waals surface area contributed by atoms with Crippen LogP contribution in [-0.2, 0) is 6.54 Å². The Morgan fingerprint density at radius 3 is 2.52 bits per heavy atom. The monoisotopic (exact) mass is 395 g/mol. The molecule has 0 aromatic heterocycles. The molecule has 152 valence electrons. The molecule has 0 amide bonds. The number of hydrogen-bond acceptors (Lipinski definition) is 5. The summed E-state index contributed by atoms with van der Waals surface area (Å²) in [6.45, 7) is 11.1. The van der Waals surface area contributed by atoms with Crippen molar-refractivity contribution >= 4 is 11.6 Å². The van der Waals surface area contributed by atoms with Crippen LogP contribution in [-0.4, -0.2) is 82.4 Å². The van der Waals surface area contributed by atoms with Gasteiger partial charge in [-0.1, -0.05) is 17.7 Å². The van der Waals surface area contributed by atoms with E-state index in [0.717, 1.165) is 38.2 Å². The lowest BCUT2D eigenvalue weighted by Crippen LogP contribution is -2.58. The highest BCUT2D eigenvalue weighted by Crippen LogP contribution is 2.27. The Labute approximate surface area is 168 Å². The van der Waals surface area contributed by atoms with Crippen LogP contribution in [0.5, 0.6) is 5.75 Å². The second-order valence-electron chi connectivity index (χ2n) is 8.29. The quantitative estimate of drug-likeness (QED) is 0.775. The predicted octanol–water partition coefficient (Wildman–Crippen LogP) is 2.79. The number of hydrogen-bond donors (Lipinski definition) is 2. The fourth-order valence-electron chi connectivity index (χ4n) is 4.60. The fourth-order valence-corrected chi connectivity index (χ4v) is 4.81. The van der Waals surface area contributed by atoms with Gasteiger partial charge in [0.05, 0.1) is 5.02 Å². The lowest BCUT2D eigenvalue weighted by Gasteiger charge is -2.48. The zero-order valence-corrected chi connectivity index (χ0v) is 17.4. The number of aliphatic hydroxyl groups is 1. The highest BCUT2D eigenvalue weighted by atomic mass is 35.5. The maximum absolute atomic E-state index is 9.61. The first kappa shape index (κ1) is 20.9. The van der Waals surface area contributed by atoms with Crippen molar-refractivity contribution in [2.75, 3.05) is 39.3 Å². The molecule has 0 spiro atoms. The molecule has 3 rings (SSSR count). The van der Waals surface area contributed by atoms with Gasteiger partial charge in [0.15, 0.2) is 0 Å². The highest BCUT2D eigenvalue weighted by molar-refractivity contribution is 6.32. The van der Waals surface area contributed by atoms with Crippen molar-refractivity contribution in [1.29, 1.82) is 0 Å². The molecular formula is C21H34ClN3O2. The molecule has 0 radical (unpaired) electrons. The number of aromatic hydroxyl groups is 1. The van der Waals surface area contributed by atoms with E-state index in [4.69, 9.17) is 11.6 Å². The van der Waals surface area contributed by atoms with E-state index in [0.29, 0.717) is 23.1 Å². The molecule has 1 aromatic rings. The minimum absolute atomic E-state index is 0.135. The summed E-state index contributed by atoms with van der Waals surface area (Å²) in [6, 6.07) is 7.14. The largest absolute Gasteiger partial charge is 0.506 e. The van der Waals surface area contributed by atoms with Crippen molar-refractivity contribution in [3.63, 3.8) is 0 Å². The molecule has 1 atom stereocenters. The third kappa shape index (κ3) is 5.36. The van der Waals surface area contributed by atoms with Gasteiger partial charge >= 0.3 is 0 Å². The fraction of sp³-hybridized carbons (Fsp3) is 0.714. The standard InChI is InChI=1S/C21H34ClN3O2/c1-16(2)24-8-5-18(6-9-24)25-11-10-23(15-19(25)7-12-26)14-17-3-4-21(27)20(22)13-17/h3-4,13,16,18-19,26-27H,5-12,14-15H2,1-2H3/t19-/m1/s1. The van der Waals surface area contributed by atoms with Gasteiger partial charge in [0, 0.05) is 50.9 Å². The van der Waals surface area contributed by atoms with Crippen molar-refractivity contribution in [2.45, 2.75) is 57.8 Å². The van der Waals surface area contributed by atoms with Gasteiger partial charge in [0.2, 0.25) is 0 Å². The van der Waals surface area contributed by atoms with Crippen molar-refractivity contribution in [3.8, 4) is 5.75 Å². The summed E-state index contributed by atoms with van der Waals surface area (Å²) < 4.78 is 0. The van der Waals surface area contributed by atoms with E-state index in [2.05, 4.69) is 28.5 Å². The summed E-state index contributed by atoms with van der Waals surface area (Å²) in [5.41, 5.74) is 1.12. The Hall–Kier alpha value is -0.850. The first-order valence-corrected chi connectivity index (χ1v) is 10.7. The third-order valence-electron chi connectivity index (χ3n) is 6.19. The van der Waals surface area contributed by atoms with E-state index in [-0.39, 0.29) is 12.4 Å². The average Bonchev–Trinajstić information content (AvgIpc) is 2.65. The molecule has 2 aliphatic heterocycles. The predicted molar refractivity (Wildman–Crippen MR) is 110 cm³/mol. The minimum Gasteiger partial charge on any atom is -0.506 e. The van der Waals surface area contributed by atoms with Gasteiger partial charge in [0.1, 0.15) is 5.75 Å². The van der Waals surface area contributed by atoms with Crippen LogP contribution in [0.25, 0.3) is 0 Å². The lowest BCUT2D eigenvalue weighted by atomic mass is 9.97. The van der Waals surface area contributed by atoms with Crippen LogP contribution in [0.15, 0.2) is 18.2 Å². The number of piperidine rings is 1. The van der Waals surface area contributed by atoms with Gasteiger partial charge in [-0.2, -0.15) is 0 Å². The molecule has 27 heavy (non-hydrogen) atoms. The Morgan fingerprint density at radius 2 is 1.89 bits per heavy atom. The molecule has 0 unspecified atom stereocenters. The highest BCUT2D eigenvalue weighted by Gasteiger charge is 2.33. The number of aliphatic hydroxyl groups excluding tert-OH is 1. The number of phenolic OH excluding ortho intramolecular Hbond substituents is 1. The van der Waals surface area contributed by atoms with Gasteiger partial charge in [-0.25, -0.2) is 0 Å². The van der Waals surface area contributed by atoms with E-state index >= 15 is 0 Å². The van der Waals surface area contributed by atoms with E-state index in [1.54, 1.807) is 6.07 Å². The third-order valence-corrected chi connectivity index (χ3v) is 6.49. The smallest absolute Gasteiger partial charge is 0.134 e. The van der Waals surface area contributed by atoms with E-state index in [1.807, 2.05) is 12.1 Å². The van der Waals surface area contributed by atoms with Crippen LogP contribution in [0.3, 0.4) is 0 Å². The molecule has 0 saturated carbocycles. The summed E-state index contributed by atoms with van der Waals surface area (Å²) in [7, 11) is 0. The molecule has 2 N–H and O–H groups in total. The zero-order valence-electron chi connectivity index (χ0n) is 16.6. The molecule has 2 heterocycles. The van der Waals surface area contributed by atoms with Crippen LogP contribution in [0.2, 0.25) is 5.02 Å². The van der Waals surface area contributed by atoms with Crippen molar-refractivity contribution in [1.82, 2.24) is 14.7 Å². The maximum Gasteiger partial charge on any atom is 0.134 e. The van der Waals surface area contributed by atoms with E-state index in [1.165, 1.54) is 25.9 Å². The molecule has 0 aliphatic carbocycles. The van der Waals surface area contributed by atoms with E-state index in [9.17, 15) is 10.2 Å².